The second-order valence-corrected chi connectivity index (χ2v) is 7.30. The van der Waals surface area contributed by atoms with E-state index >= 15 is 0 Å². The maximum absolute atomic E-state index is 12.4. The number of nitrogens with one attached hydrogen (secondary N) is 2. The molecule has 2 aromatic carbocycles. The van der Waals surface area contributed by atoms with E-state index in [-0.39, 0.29) is 11.8 Å². The van der Waals surface area contributed by atoms with Crippen LogP contribution in [0.25, 0.3) is 0 Å². The van der Waals surface area contributed by atoms with Crippen molar-refractivity contribution in [2.45, 2.75) is 6.54 Å². The summed E-state index contributed by atoms with van der Waals surface area (Å²) in [7, 11) is 0. The molecule has 7 heteroatoms. The Balaban J connectivity index is 1.65. The molecule has 0 bridgehead atoms. The standard InChI is InChI=1S/C20H15ClIN3O2/c21-15-4-5-18(22)17(11-15)20(27)24-12-13-2-1-3-16(10-13)25-19(26)14-6-8-23-9-7-14/h1-11H,12H2,(H,24,27)(H,25,26). The van der Waals surface area contributed by atoms with Gasteiger partial charge in [0, 0.05) is 38.8 Å². The average molecular weight is 492 g/mol. The predicted octanol–water partition coefficient (Wildman–Crippen LogP) is 4.52. The molecular formula is C20H15ClIN3O2. The lowest BCUT2D eigenvalue weighted by atomic mass is 10.1. The number of hydrogen-bond donors (Lipinski definition) is 2. The lowest BCUT2D eigenvalue weighted by molar-refractivity contribution is 0.0949. The maximum atomic E-state index is 12.4. The van der Waals surface area contributed by atoms with Crippen molar-refractivity contribution in [1.82, 2.24) is 10.3 Å². The number of carbonyl (C=O) groups is 2. The number of aromatic nitrogens is 1. The highest BCUT2D eigenvalue weighted by Gasteiger charge is 2.11. The lowest BCUT2D eigenvalue weighted by Gasteiger charge is -2.10. The van der Waals surface area contributed by atoms with E-state index in [0.717, 1.165) is 9.13 Å². The van der Waals surface area contributed by atoms with E-state index in [9.17, 15) is 9.59 Å². The number of halogens is 2. The van der Waals surface area contributed by atoms with Crippen LogP contribution >= 0.6 is 34.2 Å². The zero-order valence-corrected chi connectivity index (χ0v) is 17.0. The number of nitrogens with zero attached hydrogens (tertiary/aromatic N) is 1. The minimum absolute atomic E-state index is 0.201. The van der Waals surface area contributed by atoms with Crippen molar-refractivity contribution in [2.75, 3.05) is 5.32 Å². The minimum Gasteiger partial charge on any atom is -0.348 e. The second kappa shape index (κ2) is 8.96. The van der Waals surface area contributed by atoms with Crippen molar-refractivity contribution in [3.8, 4) is 0 Å². The third kappa shape index (κ3) is 5.27. The van der Waals surface area contributed by atoms with Crippen LogP contribution in [0.1, 0.15) is 26.3 Å². The van der Waals surface area contributed by atoms with Gasteiger partial charge in [-0.3, -0.25) is 14.6 Å². The van der Waals surface area contributed by atoms with E-state index in [0.29, 0.717) is 28.4 Å². The van der Waals surface area contributed by atoms with E-state index in [1.165, 1.54) is 0 Å². The molecule has 0 unspecified atom stereocenters. The van der Waals surface area contributed by atoms with Gasteiger partial charge in [0.1, 0.15) is 0 Å². The summed E-state index contributed by atoms with van der Waals surface area (Å²) in [5.41, 5.74) is 2.58. The van der Waals surface area contributed by atoms with Gasteiger partial charge in [0.15, 0.2) is 0 Å². The molecule has 0 aliphatic rings. The van der Waals surface area contributed by atoms with Crippen LogP contribution in [-0.2, 0) is 6.54 Å². The van der Waals surface area contributed by atoms with Gasteiger partial charge in [0.2, 0.25) is 0 Å². The molecule has 0 atom stereocenters. The largest absolute Gasteiger partial charge is 0.348 e. The number of carbonyl (C=O) groups excluding carboxylic acids is 2. The Morgan fingerprint density at radius 3 is 2.56 bits per heavy atom. The Hall–Kier alpha value is -2.45. The molecule has 2 amide bonds. The second-order valence-electron chi connectivity index (χ2n) is 5.70. The van der Waals surface area contributed by atoms with Crippen molar-refractivity contribution in [2.24, 2.45) is 0 Å². The van der Waals surface area contributed by atoms with Crippen LogP contribution in [0.2, 0.25) is 5.02 Å². The molecule has 136 valence electrons. The first-order chi connectivity index (χ1) is 13.0. The summed E-state index contributed by atoms with van der Waals surface area (Å²) in [6, 6.07) is 15.8. The van der Waals surface area contributed by atoms with Gasteiger partial charge in [-0.15, -0.1) is 0 Å². The third-order valence-electron chi connectivity index (χ3n) is 3.75. The summed E-state index contributed by atoms with van der Waals surface area (Å²) < 4.78 is 0.827. The number of benzene rings is 2. The normalized spacial score (nSPS) is 10.3. The summed E-state index contributed by atoms with van der Waals surface area (Å²) in [5.74, 6) is -0.416. The molecule has 3 aromatic rings. The molecule has 2 N–H and O–H groups in total. The van der Waals surface area contributed by atoms with Crippen LogP contribution in [-0.4, -0.2) is 16.8 Å². The van der Waals surface area contributed by atoms with Crippen molar-refractivity contribution in [1.29, 1.82) is 0 Å². The highest BCUT2D eigenvalue weighted by Crippen LogP contribution is 2.18. The summed E-state index contributed by atoms with van der Waals surface area (Å²) >= 11 is 8.07. The molecule has 0 spiro atoms. The SMILES string of the molecule is O=C(Nc1cccc(CNC(=O)c2cc(Cl)ccc2I)c1)c1ccncc1. The number of anilines is 1. The first kappa shape index (κ1) is 19.3. The third-order valence-corrected chi connectivity index (χ3v) is 4.93. The van der Waals surface area contributed by atoms with Gasteiger partial charge in [-0.05, 0) is 70.6 Å². The Morgan fingerprint density at radius 1 is 1.00 bits per heavy atom. The van der Waals surface area contributed by atoms with Gasteiger partial charge in [-0.25, -0.2) is 0 Å². The number of hydrogen-bond acceptors (Lipinski definition) is 3. The molecule has 1 heterocycles. The molecular weight excluding hydrogens is 477 g/mol. The maximum Gasteiger partial charge on any atom is 0.255 e. The van der Waals surface area contributed by atoms with Crippen LogP contribution in [0.3, 0.4) is 0 Å². The molecule has 0 saturated carbocycles. The molecule has 1 aromatic heterocycles. The smallest absolute Gasteiger partial charge is 0.255 e. The first-order valence-corrected chi connectivity index (χ1v) is 9.52. The van der Waals surface area contributed by atoms with Crippen LogP contribution in [0.15, 0.2) is 67.0 Å². The van der Waals surface area contributed by atoms with Gasteiger partial charge in [0.25, 0.3) is 11.8 Å². The van der Waals surface area contributed by atoms with Crippen LogP contribution in [0.5, 0.6) is 0 Å². The van der Waals surface area contributed by atoms with Gasteiger partial charge < -0.3 is 10.6 Å². The van der Waals surface area contributed by atoms with Gasteiger partial charge >= 0.3 is 0 Å². The van der Waals surface area contributed by atoms with Gasteiger partial charge in [-0.2, -0.15) is 0 Å². The van der Waals surface area contributed by atoms with Crippen LogP contribution in [0.4, 0.5) is 5.69 Å². The fourth-order valence-corrected chi connectivity index (χ4v) is 3.17. The topological polar surface area (TPSA) is 71.1 Å². The summed E-state index contributed by atoms with van der Waals surface area (Å²) in [6.45, 7) is 0.334. The zero-order valence-electron chi connectivity index (χ0n) is 14.1. The Labute approximate surface area is 175 Å². The monoisotopic (exact) mass is 491 g/mol. The average Bonchev–Trinajstić information content (AvgIpc) is 2.69. The highest BCUT2D eigenvalue weighted by molar-refractivity contribution is 14.1. The Morgan fingerprint density at radius 2 is 1.78 bits per heavy atom. The molecule has 0 fully saturated rings. The zero-order chi connectivity index (χ0) is 19.2. The van der Waals surface area contributed by atoms with E-state index in [2.05, 4.69) is 38.2 Å². The Bertz CT molecular complexity index is 980. The Kier molecular flexibility index (Phi) is 6.41. The van der Waals surface area contributed by atoms with Crippen LogP contribution in [0, 0.1) is 3.57 Å². The number of amides is 2. The van der Waals surface area contributed by atoms with Crippen molar-refractivity contribution in [3.63, 3.8) is 0 Å². The van der Waals surface area contributed by atoms with Crippen molar-refractivity contribution < 1.29 is 9.59 Å². The van der Waals surface area contributed by atoms with Crippen LogP contribution < -0.4 is 10.6 Å². The molecule has 0 saturated heterocycles. The van der Waals surface area contributed by atoms with E-state index < -0.39 is 0 Å². The number of pyridine rings is 1. The van der Waals surface area contributed by atoms with Crippen molar-refractivity contribution >= 4 is 51.7 Å². The van der Waals surface area contributed by atoms with E-state index in [1.807, 2.05) is 18.2 Å². The molecule has 27 heavy (non-hydrogen) atoms. The van der Waals surface area contributed by atoms with E-state index in [1.54, 1.807) is 48.8 Å². The first-order valence-electron chi connectivity index (χ1n) is 8.06. The quantitative estimate of drug-likeness (QED) is 0.516. The molecule has 0 aliphatic carbocycles. The van der Waals surface area contributed by atoms with E-state index in [4.69, 9.17) is 11.6 Å². The number of rotatable bonds is 5. The summed E-state index contributed by atoms with van der Waals surface area (Å²) in [4.78, 5) is 28.5. The summed E-state index contributed by atoms with van der Waals surface area (Å²) in [5, 5.41) is 6.22. The van der Waals surface area contributed by atoms with Gasteiger partial charge in [-0.1, -0.05) is 23.7 Å². The fourth-order valence-electron chi connectivity index (χ4n) is 2.41. The lowest BCUT2D eigenvalue weighted by Crippen LogP contribution is -2.23. The molecule has 5 nitrogen and oxygen atoms in total. The predicted molar refractivity (Wildman–Crippen MR) is 114 cm³/mol. The molecule has 0 radical (unpaired) electrons. The summed E-state index contributed by atoms with van der Waals surface area (Å²) in [6.07, 6.45) is 3.14. The minimum atomic E-state index is -0.216. The highest BCUT2D eigenvalue weighted by atomic mass is 127. The van der Waals surface area contributed by atoms with Gasteiger partial charge in [0.05, 0.1) is 5.56 Å². The molecule has 0 aliphatic heterocycles. The van der Waals surface area contributed by atoms with Crippen molar-refractivity contribution in [3.05, 3.63) is 92.3 Å². The fraction of sp³-hybridized carbons (Fsp3) is 0.0500. The molecule has 3 rings (SSSR count).